The Bertz CT molecular complexity index is 465. The van der Waals surface area contributed by atoms with Gasteiger partial charge < -0.3 is 0 Å². The van der Waals surface area contributed by atoms with Gasteiger partial charge in [-0.05, 0) is 11.5 Å². The van der Waals surface area contributed by atoms with Crippen LogP contribution < -0.4 is 0 Å². The lowest BCUT2D eigenvalue weighted by Gasteiger charge is -1.96. The molecule has 0 saturated heterocycles. The van der Waals surface area contributed by atoms with Crippen LogP contribution in [0.1, 0.15) is 10.5 Å². The minimum atomic E-state index is -1.24. The molecule has 0 N–H and O–H groups in total. The first kappa shape index (κ1) is 7.73. The summed E-state index contributed by atoms with van der Waals surface area (Å²) in [4.78, 5) is 14.2. The average molecular weight is 172 g/mol. The highest BCUT2D eigenvalue weighted by molar-refractivity contribution is 5.91. The van der Waals surface area contributed by atoms with E-state index in [1.807, 2.05) is 24.3 Å². The van der Waals surface area contributed by atoms with Gasteiger partial charge >= 0.3 is 5.97 Å². The third-order valence-electron chi connectivity index (χ3n) is 1.84. The predicted molar refractivity (Wildman–Crippen MR) is 46.8 cm³/mol. The van der Waals surface area contributed by atoms with Gasteiger partial charge in [-0.1, -0.05) is 24.3 Å². The van der Waals surface area contributed by atoms with E-state index < -0.39 is 5.97 Å². The Balaban J connectivity index is 2.69. The molecule has 0 aliphatic rings. The second-order valence-electron chi connectivity index (χ2n) is 2.70. The molecule has 1 radical (unpaired) electrons. The smallest absolute Gasteiger partial charge is 0.248 e. The number of aromatic nitrogens is 1. The minimum absolute atomic E-state index is 0.0290. The van der Waals surface area contributed by atoms with Gasteiger partial charge in [-0.2, -0.15) is 0 Å². The number of pyridine rings is 1. The molecule has 3 heteroatoms. The third kappa shape index (κ3) is 1.36. The predicted octanol–water partition coefficient (Wildman–Crippen LogP) is 1.81. The quantitative estimate of drug-likeness (QED) is 0.658. The average Bonchev–Trinajstić information content (AvgIpc) is 2.17. The molecule has 0 fully saturated rings. The Labute approximate surface area is 74.7 Å². The lowest BCUT2D eigenvalue weighted by Crippen LogP contribution is -1.97. The van der Waals surface area contributed by atoms with Gasteiger partial charge in [0.2, 0.25) is 0 Å². The van der Waals surface area contributed by atoms with Crippen LogP contribution in [-0.4, -0.2) is 11.0 Å². The van der Waals surface area contributed by atoms with E-state index in [9.17, 15) is 9.90 Å². The highest BCUT2D eigenvalue weighted by Crippen LogP contribution is 2.12. The Morgan fingerprint density at radius 2 is 1.85 bits per heavy atom. The van der Waals surface area contributed by atoms with Gasteiger partial charge in [0.25, 0.3) is 0 Å². The number of carbonyl (C=O) groups is 1. The maximum atomic E-state index is 10.5. The van der Waals surface area contributed by atoms with Crippen LogP contribution in [0.3, 0.4) is 0 Å². The van der Waals surface area contributed by atoms with Gasteiger partial charge in [0.05, 0.1) is 0 Å². The molecule has 0 aliphatic carbocycles. The van der Waals surface area contributed by atoms with Crippen molar-refractivity contribution in [2.45, 2.75) is 0 Å². The summed E-state index contributed by atoms with van der Waals surface area (Å²) >= 11 is 0. The summed E-state index contributed by atoms with van der Waals surface area (Å²) in [7, 11) is 0. The highest BCUT2D eigenvalue weighted by atomic mass is 16.4. The molecule has 0 bridgehead atoms. The number of rotatable bonds is 1. The lowest BCUT2D eigenvalue weighted by molar-refractivity contribution is 0.0566. The molecule has 13 heavy (non-hydrogen) atoms. The zero-order valence-corrected chi connectivity index (χ0v) is 6.73. The Morgan fingerprint density at radius 1 is 1.15 bits per heavy atom. The van der Waals surface area contributed by atoms with E-state index in [2.05, 4.69) is 4.98 Å². The standard InChI is InChI=1S/C10H6NO2/c12-10(13)9-5-7-3-1-2-4-8(7)6-11-9/h1-6H. The van der Waals surface area contributed by atoms with Crippen molar-refractivity contribution in [3.8, 4) is 0 Å². The van der Waals surface area contributed by atoms with Crippen molar-refractivity contribution in [3.05, 3.63) is 42.2 Å². The van der Waals surface area contributed by atoms with Crippen LogP contribution in [0, 0.1) is 0 Å². The summed E-state index contributed by atoms with van der Waals surface area (Å²) in [6.07, 6.45) is 1.53. The fourth-order valence-electron chi connectivity index (χ4n) is 1.20. The Hall–Kier alpha value is -1.90. The number of hydrogen-bond donors (Lipinski definition) is 0. The summed E-state index contributed by atoms with van der Waals surface area (Å²) in [5, 5.41) is 12.3. The van der Waals surface area contributed by atoms with Gasteiger partial charge in [0.15, 0.2) is 5.69 Å². The number of benzene rings is 1. The Morgan fingerprint density at radius 3 is 2.54 bits per heavy atom. The number of carbonyl (C=O) groups excluding carboxylic acids is 1. The fourth-order valence-corrected chi connectivity index (χ4v) is 1.20. The van der Waals surface area contributed by atoms with Gasteiger partial charge in [-0.15, -0.1) is 0 Å². The van der Waals surface area contributed by atoms with Crippen LogP contribution in [0.5, 0.6) is 0 Å². The molecule has 0 atom stereocenters. The van der Waals surface area contributed by atoms with Crippen molar-refractivity contribution in [3.63, 3.8) is 0 Å². The van der Waals surface area contributed by atoms with E-state index >= 15 is 0 Å². The molecule has 1 aromatic carbocycles. The normalized spacial score (nSPS) is 10.2. The zero-order chi connectivity index (χ0) is 9.26. The summed E-state index contributed by atoms with van der Waals surface area (Å²) in [5.74, 6) is -1.24. The monoisotopic (exact) mass is 172 g/mol. The molecule has 0 unspecified atom stereocenters. The molecule has 0 aliphatic heterocycles. The van der Waals surface area contributed by atoms with E-state index in [4.69, 9.17) is 0 Å². The molecule has 1 aromatic heterocycles. The summed E-state index contributed by atoms with van der Waals surface area (Å²) in [5.41, 5.74) is -0.0290. The van der Waals surface area contributed by atoms with Gasteiger partial charge in [0.1, 0.15) is 0 Å². The van der Waals surface area contributed by atoms with Crippen LogP contribution in [0.2, 0.25) is 0 Å². The topological polar surface area (TPSA) is 49.9 Å². The van der Waals surface area contributed by atoms with Crippen LogP contribution in [-0.2, 0) is 5.11 Å². The number of fused-ring (bicyclic) bond motifs is 1. The van der Waals surface area contributed by atoms with E-state index in [0.29, 0.717) is 0 Å². The van der Waals surface area contributed by atoms with Gasteiger partial charge in [0, 0.05) is 11.6 Å². The number of hydrogen-bond acceptors (Lipinski definition) is 2. The van der Waals surface area contributed by atoms with E-state index in [1.54, 1.807) is 0 Å². The second-order valence-corrected chi connectivity index (χ2v) is 2.70. The van der Waals surface area contributed by atoms with E-state index in [1.165, 1.54) is 12.3 Å². The van der Waals surface area contributed by atoms with Crippen LogP contribution in [0.15, 0.2) is 36.5 Å². The first-order chi connectivity index (χ1) is 6.27. The maximum absolute atomic E-state index is 10.5. The SMILES string of the molecule is [O]C(=O)c1cc2ccccc2cn1. The molecule has 0 saturated carbocycles. The molecule has 2 aromatic rings. The number of nitrogens with zero attached hydrogens (tertiary/aromatic N) is 1. The largest absolute Gasteiger partial charge is 0.404 e. The van der Waals surface area contributed by atoms with Crippen molar-refractivity contribution in [1.29, 1.82) is 0 Å². The fraction of sp³-hybridized carbons (Fsp3) is 0. The molecule has 1 heterocycles. The maximum Gasteiger partial charge on any atom is 0.404 e. The van der Waals surface area contributed by atoms with Crippen LogP contribution >= 0.6 is 0 Å². The molecule has 2 rings (SSSR count). The second kappa shape index (κ2) is 2.86. The van der Waals surface area contributed by atoms with Crippen molar-refractivity contribution in [1.82, 2.24) is 4.98 Å². The Kier molecular flexibility index (Phi) is 1.70. The highest BCUT2D eigenvalue weighted by Gasteiger charge is 2.06. The first-order valence-corrected chi connectivity index (χ1v) is 3.83. The molecular weight excluding hydrogens is 166 g/mol. The van der Waals surface area contributed by atoms with E-state index in [0.717, 1.165) is 10.8 Å². The van der Waals surface area contributed by atoms with Crippen molar-refractivity contribution in [2.24, 2.45) is 0 Å². The molecule has 3 nitrogen and oxygen atoms in total. The summed E-state index contributed by atoms with van der Waals surface area (Å²) in [6.45, 7) is 0. The van der Waals surface area contributed by atoms with Crippen LogP contribution in [0.4, 0.5) is 0 Å². The van der Waals surface area contributed by atoms with Crippen molar-refractivity contribution in [2.75, 3.05) is 0 Å². The first-order valence-electron chi connectivity index (χ1n) is 3.83. The summed E-state index contributed by atoms with van der Waals surface area (Å²) in [6, 6.07) is 8.94. The molecular formula is C10H6NO2. The third-order valence-corrected chi connectivity index (χ3v) is 1.84. The molecule has 0 amide bonds. The summed E-state index contributed by atoms with van der Waals surface area (Å²) < 4.78 is 0. The van der Waals surface area contributed by atoms with Crippen molar-refractivity contribution >= 4 is 16.7 Å². The van der Waals surface area contributed by atoms with E-state index in [-0.39, 0.29) is 5.69 Å². The zero-order valence-electron chi connectivity index (χ0n) is 6.73. The lowest BCUT2D eigenvalue weighted by atomic mass is 10.1. The van der Waals surface area contributed by atoms with Gasteiger partial charge in [-0.3, -0.25) is 0 Å². The minimum Gasteiger partial charge on any atom is -0.248 e. The van der Waals surface area contributed by atoms with Crippen LogP contribution in [0.25, 0.3) is 10.8 Å². The van der Waals surface area contributed by atoms with Crippen molar-refractivity contribution < 1.29 is 9.90 Å². The van der Waals surface area contributed by atoms with Gasteiger partial charge in [-0.25, -0.2) is 14.9 Å². The molecule has 63 valence electrons. The molecule has 0 spiro atoms.